The summed E-state index contributed by atoms with van der Waals surface area (Å²) in [4.78, 5) is 26.5. The number of para-hydroxylation sites is 1. The number of Topliss-reactive ketones (excluding diaryl/α,β-unsaturated/α-hetero) is 1. The molecular weight excluding hydrogens is 382 g/mol. The summed E-state index contributed by atoms with van der Waals surface area (Å²) in [7, 11) is 1.63. The van der Waals surface area contributed by atoms with Crippen molar-refractivity contribution in [3.63, 3.8) is 0 Å². The van der Waals surface area contributed by atoms with Gasteiger partial charge >= 0.3 is 5.91 Å². The lowest BCUT2D eigenvalue weighted by Crippen LogP contribution is -2.39. The molecule has 1 aromatic heterocycles. The van der Waals surface area contributed by atoms with E-state index in [1.54, 1.807) is 31.6 Å². The molecule has 0 saturated heterocycles. The second kappa shape index (κ2) is 7.18. The largest absolute Gasteiger partial charge is 0.497 e. The average molecular weight is 401 g/mol. The minimum atomic E-state index is -0.539. The number of amides is 1. The number of rotatable bonds is 5. The second-order valence-electron chi connectivity index (χ2n) is 7.17. The number of furan rings is 1. The molecule has 30 heavy (non-hydrogen) atoms. The molecule has 2 aromatic carbocycles. The topological polar surface area (TPSA) is 75.3 Å². The van der Waals surface area contributed by atoms with Crippen LogP contribution in [0.2, 0.25) is 0 Å². The maximum absolute atomic E-state index is 12.6. The van der Waals surface area contributed by atoms with Gasteiger partial charge in [0.2, 0.25) is 0 Å². The monoisotopic (exact) mass is 401 g/mol. The number of benzene rings is 2. The lowest BCUT2D eigenvalue weighted by molar-refractivity contribution is -0.114. The highest BCUT2D eigenvalue weighted by molar-refractivity contribution is 6.52. The first-order valence-corrected chi connectivity index (χ1v) is 9.63. The van der Waals surface area contributed by atoms with Crippen molar-refractivity contribution < 1.29 is 18.7 Å². The van der Waals surface area contributed by atoms with Gasteiger partial charge in [-0.05, 0) is 54.1 Å². The number of carbonyl (C=O) groups excluding carboxylic acids is 2. The number of ether oxygens (including phenoxy) is 1. The molecule has 2 aliphatic rings. The number of methoxy groups -OCH3 is 1. The molecule has 5 rings (SSSR count). The molecule has 7 heteroatoms. The zero-order valence-electron chi connectivity index (χ0n) is 16.3. The van der Waals surface area contributed by atoms with Crippen LogP contribution in [0.3, 0.4) is 0 Å². The molecule has 3 aromatic rings. The molecule has 3 heterocycles. The summed E-state index contributed by atoms with van der Waals surface area (Å²) >= 11 is 0. The van der Waals surface area contributed by atoms with Crippen molar-refractivity contribution in [3.05, 3.63) is 83.8 Å². The van der Waals surface area contributed by atoms with E-state index in [0.717, 1.165) is 22.8 Å². The van der Waals surface area contributed by atoms with Gasteiger partial charge in [0, 0.05) is 6.42 Å². The summed E-state index contributed by atoms with van der Waals surface area (Å²) in [6.07, 6.45) is 2.25. The molecule has 0 N–H and O–H groups in total. The fourth-order valence-electron chi connectivity index (χ4n) is 3.91. The molecule has 0 radical (unpaired) electrons. The van der Waals surface area contributed by atoms with E-state index < -0.39 is 11.7 Å². The van der Waals surface area contributed by atoms with Crippen LogP contribution in [0.15, 0.2) is 76.4 Å². The van der Waals surface area contributed by atoms with Crippen LogP contribution in [-0.4, -0.2) is 36.2 Å². The maximum atomic E-state index is 12.6. The van der Waals surface area contributed by atoms with Gasteiger partial charge in [0.15, 0.2) is 0 Å². The molecule has 0 unspecified atom stereocenters. The van der Waals surface area contributed by atoms with E-state index in [1.165, 1.54) is 4.90 Å². The third-order valence-electron chi connectivity index (χ3n) is 5.46. The zero-order chi connectivity index (χ0) is 20.7. The number of hydrazone groups is 1. The van der Waals surface area contributed by atoms with Crippen molar-refractivity contribution in [3.8, 4) is 5.75 Å². The average Bonchev–Trinajstić information content (AvgIpc) is 3.50. The van der Waals surface area contributed by atoms with E-state index >= 15 is 0 Å². The van der Waals surface area contributed by atoms with Gasteiger partial charge in [0.1, 0.15) is 24.2 Å². The van der Waals surface area contributed by atoms with Crippen LogP contribution in [-0.2, 0) is 4.79 Å². The smallest absolute Gasteiger partial charge is 0.301 e. The van der Waals surface area contributed by atoms with Gasteiger partial charge in [-0.3, -0.25) is 19.5 Å². The van der Waals surface area contributed by atoms with Crippen molar-refractivity contribution in [2.45, 2.75) is 12.5 Å². The third kappa shape index (κ3) is 2.95. The Balaban J connectivity index is 1.48. The minimum Gasteiger partial charge on any atom is -0.497 e. The number of anilines is 1. The molecule has 7 nitrogen and oxygen atoms in total. The number of carbonyl (C=O) groups is 2. The van der Waals surface area contributed by atoms with Gasteiger partial charge < -0.3 is 9.15 Å². The van der Waals surface area contributed by atoms with Gasteiger partial charge in [-0.2, -0.15) is 5.10 Å². The lowest BCUT2D eigenvalue weighted by atomic mass is 10.0. The van der Waals surface area contributed by atoms with Gasteiger partial charge in [-0.15, -0.1) is 0 Å². The van der Waals surface area contributed by atoms with E-state index in [1.807, 2.05) is 47.5 Å². The second-order valence-corrected chi connectivity index (χ2v) is 7.17. The van der Waals surface area contributed by atoms with Crippen molar-refractivity contribution in [2.75, 3.05) is 18.7 Å². The summed E-state index contributed by atoms with van der Waals surface area (Å²) in [5.41, 5.74) is 2.89. The van der Waals surface area contributed by atoms with Crippen LogP contribution >= 0.6 is 0 Å². The Morgan fingerprint density at radius 2 is 1.87 bits per heavy atom. The summed E-state index contributed by atoms with van der Waals surface area (Å²) in [6, 6.07) is 18.3. The van der Waals surface area contributed by atoms with E-state index in [4.69, 9.17) is 14.3 Å². The first-order chi connectivity index (χ1) is 14.7. The van der Waals surface area contributed by atoms with Gasteiger partial charge in [0.25, 0.3) is 5.78 Å². The third-order valence-corrected chi connectivity index (χ3v) is 5.46. The normalized spacial score (nSPS) is 18.0. The molecule has 0 spiro atoms. The van der Waals surface area contributed by atoms with Crippen LogP contribution in [0.5, 0.6) is 5.75 Å². The predicted octanol–water partition coefficient (Wildman–Crippen LogP) is 3.63. The highest BCUT2D eigenvalue weighted by Crippen LogP contribution is 2.36. The summed E-state index contributed by atoms with van der Waals surface area (Å²) < 4.78 is 10.9. The zero-order valence-corrected chi connectivity index (χ0v) is 16.3. The Kier molecular flexibility index (Phi) is 4.35. The van der Waals surface area contributed by atoms with Gasteiger partial charge in [-0.1, -0.05) is 12.1 Å². The molecule has 150 valence electrons. The predicted molar refractivity (Wildman–Crippen MR) is 111 cm³/mol. The van der Waals surface area contributed by atoms with Crippen molar-refractivity contribution in [1.82, 2.24) is 5.01 Å². The highest BCUT2D eigenvalue weighted by Gasteiger charge is 2.39. The summed E-state index contributed by atoms with van der Waals surface area (Å²) in [5.74, 6) is 0.504. The highest BCUT2D eigenvalue weighted by atomic mass is 16.5. The number of ketones is 1. The van der Waals surface area contributed by atoms with Crippen LogP contribution in [0.1, 0.15) is 34.1 Å². The first kappa shape index (κ1) is 18.2. The standard InChI is InChI=1S/C23H19N3O4/c1-29-16-10-8-15(9-11-16)18-13-20(21-7-4-12-30-21)26(24-18)14-25-19-6-3-2-5-17(19)22(27)23(25)28/h2-12,20H,13-14H2,1H3/t20-/m1/s1. The number of hydrogen-bond acceptors (Lipinski definition) is 6. The molecule has 0 aliphatic carbocycles. The lowest BCUT2D eigenvalue weighted by Gasteiger charge is -2.27. The molecular formula is C23H19N3O4. The summed E-state index contributed by atoms with van der Waals surface area (Å²) in [5, 5.41) is 6.60. The molecule has 1 amide bonds. The SMILES string of the molecule is COc1ccc(C2=NN(CN3C(=O)C(=O)c4ccccc43)[C@@H](c3ccco3)C2)cc1. The first-order valence-electron chi connectivity index (χ1n) is 9.63. The van der Waals surface area contributed by atoms with E-state index in [9.17, 15) is 9.59 Å². The van der Waals surface area contributed by atoms with Crippen LogP contribution < -0.4 is 9.64 Å². The van der Waals surface area contributed by atoms with Crippen LogP contribution in [0.4, 0.5) is 5.69 Å². The molecule has 0 saturated carbocycles. The van der Waals surface area contributed by atoms with E-state index in [2.05, 4.69) is 0 Å². The number of fused-ring (bicyclic) bond motifs is 1. The molecule has 0 bridgehead atoms. The Labute approximate surface area is 173 Å². The Morgan fingerprint density at radius 3 is 2.60 bits per heavy atom. The van der Waals surface area contributed by atoms with Gasteiger partial charge in [0.05, 0.1) is 30.3 Å². The maximum Gasteiger partial charge on any atom is 0.301 e. The van der Waals surface area contributed by atoms with Crippen LogP contribution in [0, 0.1) is 0 Å². The molecule has 1 atom stereocenters. The minimum absolute atomic E-state index is 0.159. The van der Waals surface area contributed by atoms with E-state index in [0.29, 0.717) is 17.7 Å². The van der Waals surface area contributed by atoms with Gasteiger partial charge in [-0.25, -0.2) is 0 Å². The number of hydrogen-bond donors (Lipinski definition) is 0. The fourth-order valence-corrected chi connectivity index (χ4v) is 3.91. The number of nitrogens with zero attached hydrogens (tertiary/aromatic N) is 3. The Morgan fingerprint density at radius 1 is 1.07 bits per heavy atom. The quantitative estimate of drug-likeness (QED) is 0.611. The van der Waals surface area contributed by atoms with Crippen molar-refractivity contribution in [2.24, 2.45) is 5.10 Å². The van der Waals surface area contributed by atoms with Crippen molar-refractivity contribution >= 4 is 23.1 Å². The molecule has 2 aliphatic heterocycles. The summed E-state index contributed by atoms with van der Waals surface area (Å²) in [6.45, 7) is 0.159. The fraction of sp³-hybridized carbons (Fsp3) is 0.174. The molecule has 0 fully saturated rings. The van der Waals surface area contributed by atoms with Crippen molar-refractivity contribution in [1.29, 1.82) is 0 Å². The van der Waals surface area contributed by atoms with Crippen LogP contribution in [0.25, 0.3) is 0 Å². The van der Waals surface area contributed by atoms with E-state index in [-0.39, 0.29) is 12.7 Å². The Hall–Kier alpha value is -3.87. The Bertz CT molecular complexity index is 1140.